The molecule has 0 radical (unpaired) electrons. The number of carbonyl (C=O) groups excluding carboxylic acids is 2. The van der Waals surface area contributed by atoms with Crippen LogP contribution in [0.4, 0.5) is 0 Å². The van der Waals surface area contributed by atoms with E-state index in [2.05, 4.69) is 294 Å². The van der Waals surface area contributed by atoms with E-state index in [4.69, 9.17) is 32.6 Å². The molecule has 0 aromatic heterocycles. The fourth-order valence-corrected chi connectivity index (χ4v) is 8.57. The van der Waals surface area contributed by atoms with E-state index >= 15 is 0 Å². The highest BCUT2D eigenvalue weighted by Crippen LogP contribution is 2.54. The highest BCUT2D eigenvalue weighted by molar-refractivity contribution is 8.08. The van der Waals surface area contributed by atoms with Crippen molar-refractivity contribution in [3.8, 4) is 49.6 Å². The average molecular weight is 1440 g/mol. The first-order valence-electron chi connectivity index (χ1n) is 34.2. The standard InChI is InChI=1S/C9H10.C7H9NO2.C7H15N.C6H13N.C6H12O.C6H12S.C5H10O.C5H10S.C4H8.C4H6.C3H5Cl.2C3H5N.C3H4O.C3H6.2C3H4.2C2H6.CH4O/c1-3-9-6-4-8(2)5-7-9;1-4-5(2)7(10)8(3)6(4)9;1-5-6-7(2,3)8(6)4;1-5-6(2,3)7(5)4;2*1-4-5-6(2,3)7-5;2*1-4-5(2,3)6-4;1-4(2)3;1-3-4-2;1-3(2)4;3*1-3-4-2;3*1-3-2;3*1-2/h3-7H,1H2,2H3;1-3H3;6H,5H2,1-4H3;5H,1-4H3;2*5H,4H2,1-3H3;2*4H,1-3H3;1H2,2-3H3;1H,4H2,2H3;3*1H2,2H3;1H,2H3;3H,1H2,2H3;2*1H,2H3;2*1-2H3;2H,1H3. The number of halogens is 1. The maximum atomic E-state index is 11.0. The molecular weight excluding hydrogens is 1290 g/mol. The van der Waals surface area contributed by atoms with Crippen LogP contribution in [0.1, 0.15) is 251 Å². The summed E-state index contributed by atoms with van der Waals surface area (Å²) in [5.41, 5.74) is 6.20. The summed E-state index contributed by atoms with van der Waals surface area (Å²) in [6.45, 7) is 86.5. The second kappa shape index (κ2) is 71.2. The Bertz CT molecular complexity index is 2400. The molecular formula is C85H154ClN5O6S2. The number of nitrogens with zero attached hydrogens (tertiary/aromatic N) is 5. The number of aliphatic hydroxyl groups excluding tert-OH is 1. The molecule has 8 atom stereocenters. The van der Waals surface area contributed by atoms with Gasteiger partial charge in [-0.15, -0.1) is 62.0 Å². The Hall–Kier alpha value is -5.21. The second-order valence-electron chi connectivity index (χ2n) is 25.1. The molecule has 0 spiro atoms. The maximum absolute atomic E-state index is 11.0. The maximum Gasteiger partial charge on any atom is 0.256 e. The number of aliphatic imine (C=N–C) groups is 2. The van der Waals surface area contributed by atoms with E-state index in [1.165, 1.54) is 43.7 Å². The molecule has 8 unspecified atom stereocenters. The van der Waals surface area contributed by atoms with Crippen LogP contribution in [0.5, 0.6) is 0 Å². The van der Waals surface area contributed by atoms with Gasteiger partial charge in [-0.05, 0) is 223 Å². The zero-order chi connectivity index (χ0) is 82.1. The van der Waals surface area contributed by atoms with Gasteiger partial charge in [0, 0.05) is 94.0 Å². The molecule has 0 aliphatic carbocycles. The molecule has 7 heterocycles. The van der Waals surface area contributed by atoms with Crippen LogP contribution >= 0.6 is 35.1 Å². The van der Waals surface area contributed by atoms with Gasteiger partial charge in [0.1, 0.15) is 6.11 Å². The molecule has 14 heteroatoms. The smallest absolute Gasteiger partial charge is 0.256 e. The third kappa shape index (κ3) is 75.3. The van der Waals surface area contributed by atoms with Gasteiger partial charge in [-0.1, -0.05) is 141 Å². The van der Waals surface area contributed by atoms with E-state index in [0.29, 0.717) is 49.0 Å². The van der Waals surface area contributed by atoms with Gasteiger partial charge in [0.05, 0.1) is 30.5 Å². The van der Waals surface area contributed by atoms with Crippen LogP contribution in [0.25, 0.3) is 6.08 Å². The number of hydrogen-bond acceptors (Lipinski definition) is 12. The number of carbonyl (C=O) groups is 2. The van der Waals surface area contributed by atoms with Crippen molar-refractivity contribution in [2.24, 2.45) is 9.98 Å². The van der Waals surface area contributed by atoms with Gasteiger partial charge in [0.2, 0.25) is 0 Å². The summed E-state index contributed by atoms with van der Waals surface area (Å²) in [7, 11) is 11.5. The van der Waals surface area contributed by atoms with E-state index in [1.54, 1.807) is 54.8 Å². The van der Waals surface area contributed by atoms with E-state index in [9.17, 15) is 9.59 Å². The number of terminal acetylenes is 4. The number of amides is 2. The first-order chi connectivity index (χ1) is 45.5. The third-order valence-corrected chi connectivity index (χ3v) is 18.1. The summed E-state index contributed by atoms with van der Waals surface area (Å²) in [4.78, 5) is 34.6. The lowest BCUT2D eigenvalue weighted by Crippen LogP contribution is -2.26. The molecule has 574 valence electrons. The van der Waals surface area contributed by atoms with E-state index in [0.717, 1.165) is 47.4 Å². The van der Waals surface area contributed by atoms with E-state index < -0.39 is 0 Å². The number of hydrogen-bond donors (Lipinski definition) is 1. The van der Waals surface area contributed by atoms with Crippen molar-refractivity contribution in [2.75, 3.05) is 49.5 Å². The highest BCUT2D eigenvalue weighted by Gasteiger charge is 2.51. The molecule has 6 fully saturated rings. The molecule has 1 aromatic rings. The lowest BCUT2D eigenvalue weighted by atomic mass is 10.1. The summed E-state index contributed by atoms with van der Waals surface area (Å²) < 4.78 is 15.7. The summed E-state index contributed by atoms with van der Waals surface area (Å²) in [5.74, 6) is 11.2. The van der Waals surface area contributed by atoms with Crippen molar-refractivity contribution >= 4 is 64.8 Å². The number of epoxide rings is 2. The number of rotatable bonds is 4. The van der Waals surface area contributed by atoms with E-state index in [1.807, 2.05) is 79.3 Å². The minimum atomic E-state index is -0.178. The van der Waals surface area contributed by atoms with Crippen molar-refractivity contribution in [3.05, 3.63) is 103 Å². The Morgan fingerprint density at radius 1 is 0.677 bits per heavy atom. The van der Waals surface area contributed by atoms with Crippen LogP contribution in [0, 0.1) is 56.5 Å². The minimum Gasteiger partial charge on any atom is -0.450 e. The van der Waals surface area contributed by atoms with Gasteiger partial charge >= 0.3 is 0 Å². The molecule has 1 N–H and O–H groups in total. The van der Waals surface area contributed by atoms with Gasteiger partial charge in [-0.25, -0.2) is 9.98 Å². The predicted molar refractivity (Wildman–Crippen MR) is 455 cm³/mol. The Balaban J connectivity index is -0.0000000818. The van der Waals surface area contributed by atoms with Gasteiger partial charge in [0.15, 0.2) is 0 Å². The van der Waals surface area contributed by atoms with Crippen molar-refractivity contribution in [1.29, 1.82) is 0 Å². The minimum absolute atomic E-state index is 0.178. The van der Waals surface area contributed by atoms with Crippen LogP contribution in [-0.2, 0) is 23.8 Å². The number of likely N-dealkylation sites (N-methyl/N-ethyl adjacent to an activating group) is 3. The molecule has 8 rings (SSSR count). The van der Waals surface area contributed by atoms with Crippen LogP contribution in [0.2, 0.25) is 0 Å². The summed E-state index contributed by atoms with van der Waals surface area (Å²) in [6.07, 6.45) is 29.7. The summed E-state index contributed by atoms with van der Waals surface area (Å²) in [6, 6.07) is 9.92. The fourth-order valence-electron chi connectivity index (χ4n) is 6.73. The third-order valence-electron chi connectivity index (χ3n) is 14.6. The molecule has 7 aliphatic heterocycles. The second-order valence-corrected chi connectivity index (χ2v) is 29.6. The van der Waals surface area contributed by atoms with Crippen molar-refractivity contribution in [1.82, 2.24) is 14.7 Å². The zero-order valence-electron chi connectivity index (χ0n) is 71.2. The van der Waals surface area contributed by atoms with Gasteiger partial charge in [-0.2, -0.15) is 11.8 Å². The monoisotopic (exact) mass is 1440 g/mol. The molecule has 0 bridgehead atoms. The van der Waals surface area contributed by atoms with Crippen LogP contribution in [0.15, 0.2) is 102 Å². The van der Waals surface area contributed by atoms with Crippen molar-refractivity contribution in [2.45, 2.75) is 314 Å². The quantitative estimate of drug-likeness (QED) is 0.102. The summed E-state index contributed by atoms with van der Waals surface area (Å²) >= 11 is 9.22. The van der Waals surface area contributed by atoms with Gasteiger partial charge in [0.25, 0.3) is 11.8 Å². The SMILES string of the molecule is C#CC.C#CC.C#CCC.C#COC.C=C(C)C.C=C(C)Cl.C=C=NC.C=C=NC.C=CC.C=Cc1ccc(C)cc1.CC.CC.CC1=C(C)C(=O)N(C)C1=O.CC1N(C)C1(C)C.CC1OC1(C)C.CC1SC1(C)C.CCC1N(C)C1(C)C.CCC1OC1(C)C.CCC1SC1(C)C.CO. The number of ether oxygens (including phenoxy) is 3. The van der Waals surface area contributed by atoms with Crippen molar-refractivity contribution in [3.63, 3.8) is 0 Å². The fraction of sp³-hybridized carbons (Fsp3) is 0.647. The van der Waals surface area contributed by atoms with Gasteiger partial charge < -0.3 is 19.3 Å². The largest absolute Gasteiger partial charge is 0.450 e. The summed E-state index contributed by atoms with van der Waals surface area (Å²) in [5, 5.41) is 9.52. The lowest BCUT2D eigenvalue weighted by Gasteiger charge is -2.04. The first-order valence-corrected chi connectivity index (χ1v) is 36.3. The molecule has 6 saturated heterocycles. The zero-order valence-corrected chi connectivity index (χ0v) is 73.6. The normalized spacial score (nSPS) is 21.0. The average Bonchev–Trinajstić information content (AvgIpc) is 1.61. The molecule has 1 aromatic carbocycles. The number of aliphatic hydroxyl groups is 1. The molecule has 99 heavy (non-hydrogen) atoms. The molecule has 0 saturated carbocycles. The van der Waals surface area contributed by atoms with Crippen LogP contribution in [-0.4, -0.2) is 159 Å². The van der Waals surface area contributed by atoms with E-state index in [-0.39, 0.29) is 23.0 Å². The number of methoxy groups -OCH3 is 1. The first kappa shape index (κ1) is 121. The van der Waals surface area contributed by atoms with Crippen molar-refractivity contribution < 1.29 is 28.9 Å². The molecule has 2 amide bonds. The highest BCUT2D eigenvalue weighted by atomic mass is 35.5. The Labute approximate surface area is 630 Å². The molecule has 11 nitrogen and oxygen atoms in total. The number of aryl methyl sites for hydroxylation is 1. The van der Waals surface area contributed by atoms with Gasteiger partial charge in [-0.3, -0.25) is 24.3 Å². The van der Waals surface area contributed by atoms with Crippen LogP contribution in [0.3, 0.4) is 0 Å². The Kier molecular flexibility index (Phi) is 86.8. The Morgan fingerprint density at radius 3 is 0.960 bits per heavy atom. The number of allylic oxidation sites excluding steroid dienone is 3. The number of imide groups is 1. The number of benzene rings is 1. The van der Waals surface area contributed by atoms with Crippen LogP contribution < -0.4 is 0 Å². The predicted octanol–water partition coefficient (Wildman–Crippen LogP) is 22.2. The Morgan fingerprint density at radius 2 is 0.909 bits per heavy atom. The lowest BCUT2D eigenvalue weighted by molar-refractivity contribution is -0.135. The number of thioether (sulfide) groups is 2. The molecule has 7 aliphatic rings. The topological polar surface area (TPSA) is 123 Å².